The third kappa shape index (κ3) is 5.69. The average Bonchev–Trinajstić information content (AvgIpc) is 2.33. The van der Waals surface area contributed by atoms with E-state index in [4.69, 9.17) is 4.74 Å². The highest BCUT2D eigenvalue weighted by molar-refractivity contribution is 5.84. The maximum Gasteiger partial charge on any atom is 0.407 e. The Kier molecular flexibility index (Phi) is 5.49. The van der Waals surface area contributed by atoms with Crippen molar-refractivity contribution < 1.29 is 18.7 Å². The monoisotopic (exact) mass is 282 g/mol. The van der Waals surface area contributed by atoms with Crippen LogP contribution in [0.2, 0.25) is 0 Å². The van der Waals surface area contributed by atoms with Crippen LogP contribution in [0.15, 0.2) is 18.2 Å². The van der Waals surface area contributed by atoms with E-state index in [1.165, 1.54) is 12.1 Å². The van der Waals surface area contributed by atoms with Gasteiger partial charge in [0.05, 0.1) is 0 Å². The number of hydrogen-bond donors (Lipinski definition) is 2. The van der Waals surface area contributed by atoms with Crippen molar-refractivity contribution in [2.45, 2.75) is 26.4 Å². The van der Waals surface area contributed by atoms with E-state index in [2.05, 4.69) is 10.6 Å². The molecule has 1 aromatic rings. The molecule has 0 radical (unpaired) electrons. The summed E-state index contributed by atoms with van der Waals surface area (Å²) in [5.41, 5.74) is 0.216. The molecule has 0 saturated carbocycles. The van der Waals surface area contributed by atoms with E-state index < -0.39 is 17.5 Å². The fourth-order valence-electron chi connectivity index (χ4n) is 1.47. The molecule has 0 aliphatic carbocycles. The molecule has 1 amide bonds. The third-order valence-corrected chi connectivity index (χ3v) is 2.25. The van der Waals surface area contributed by atoms with Crippen molar-refractivity contribution in [2.75, 3.05) is 18.4 Å². The van der Waals surface area contributed by atoms with Gasteiger partial charge in [-0.2, -0.15) is 0 Å². The van der Waals surface area contributed by atoms with E-state index in [1.807, 2.05) is 0 Å². The SMILES string of the molecule is CC(C)(C)OC(=O)NCCNc1ccc(F)cc1C=O. The smallest absolute Gasteiger partial charge is 0.407 e. The van der Waals surface area contributed by atoms with Gasteiger partial charge < -0.3 is 15.4 Å². The molecular weight excluding hydrogens is 263 g/mol. The largest absolute Gasteiger partial charge is 0.444 e. The fourth-order valence-corrected chi connectivity index (χ4v) is 1.47. The Labute approximate surface area is 117 Å². The molecule has 0 spiro atoms. The topological polar surface area (TPSA) is 67.4 Å². The van der Waals surface area contributed by atoms with Crippen LogP contribution >= 0.6 is 0 Å². The summed E-state index contributed by atoms with van der Waals surface area (Å²) in [6.45, 7) is 6.05. The fraction of sp³-hybridized carbons (Fsp3) is 0.429. The van der Waals surface area contributed by atoms with Crippen LogP contribution in [0, 0.1) is 5.82 Å². The zero-order chi connectivity index (χ0) is 15.2. The molecule has 0 heterocycles. The number of hydrogen-bond acceptors (Lipinski definition) is 4. The maximum atomic E-state index is 12.9. The molecule has 0 unspecified atom stereocenters. The lowest BCUT2D eigenvalue weighted by Crippen LogP contribution is -2.35. The van der Waals surface area contributed by atoms with Crippen molar-refractivity contribution in [1.29, 1.82) is 0 Å². The molecule has 0 fully saturated rings. The van der Waals surface area contributed by atoms with Crippen molar-refractivity contribution in [3.05, 3.63) is 29.6 Å². The predicted octanol–water partition coefficient (Wildman–Crippen LogP) is 2.57. The lowest BCUT2D eigenvalue weighted by atomic mass is 10.2. The first-order valence-electron chi connectivity index (χ1n) is 6.27. The predicted molar refractivity (Wildman–Crippen MR) is 74.5 cm³/mol. The molecule has 0 aromatic heterocycles. The van der Waals surface area contributed by atoms with Crippen LogP contribution in [0.5, 0.6) is 0 Å². The lowest BCUT2D eigenvalue weighted by Gasteiger charge is -2.19. The molecule has 1 aromatic carbocycles. The second-order valence-corrected chi connectivity index (χ2v) is 5.20. The van der Waals surface area contributed by atoms with Gasteiger partial charge in [0.25, 0.3) is 0 Å². The number of carbonyl (C=O) groups excluding carboxylic acids is 2. The minimum absolute atomic E-state index is 0.238. The van der Waals surface area contributed by atoms with Gasteiger partial charge in [-0.05, 0) is 39.0 Å². The first-order chi connectivity index (χ1) is 9.31. The zero-order valence-electron chi connectivity index (χ0n) is 11.8. The van der Waals surface area contributed by atoms with Gasteiger partial charge in [0.2, 0.25) is 0 Å². The van der Waals surface area contributed by atoms with E-state index in [0.29, 0.717) is 25.1 Å². The number of ether oxygens (including phenoxy) is 1. The maximum absolute atomic E-state index is 12.9. The molecule has 2 N–H and O–H groups in total. The molecule has 0 atom stereocenters. The van der Waals surface area contributed by atoms with Crippen molar-refractivity contribution in [3.63, 3.8) is 0 Å². The number of nitrogens with one attached hydrogen (secondary N) is 2. The quantitative estimate of drug-likeness (QED) is 0.643. The van der Waals surface area contributed by atoms with Crippen LogP contribution in [0.4, 0.5) is 14.9 Å². The summed E-state index contributed by atoms with van der Waals surface area (Å²) in [4.78, 5) is 22.2. The average molecular weight is 282 g/mol. The summed E-state index contributed by atoms with van der Waals surface area (Å²) in [7, 11) is 0. The highest BCUT2D eigenvalue weighted by atomic mass is 19.1. The van der Waals surface area contributed by atoms with Crippen LogP contribution in [-0.2, 0) is 4.74 Å². The molecule has 0 bridgehead atoms. The van der Waals surface area contributed by atoms with Crippen molar-refractivity contribution in [1.82, 2.24) is 5.32 Å². The van der Waals surface area contributed by atoms with E-state index in [1.54, 1.807) is 20.8 Å². The van der Waals surface area contributed by atoms with E-state index in [-0.39, 0.29) is 5.56 Å². The van der Waals surface area contributed by atoms with E-state index >= 15 is 0 Å². The number of alkyl carbamates (subject to hydrolysis) is 1. The molecule has 0 saturated heterocycles. The van der Waals surface area contributed by atoms with Crippen LogP contribution < -0.4 is 10.6 Å². The zero-order valence-corrected chi connectivity index (χ0v) is 11.8. The van der Waals surface area contributed by atoms with E-state index in [9.17, 15) is 14.0 Å². The Morgan fingerprint density at radius 1 is 1.35 bits per heavy atom. The minimum atomic E-state index is -0.543. The Morgan fingerprint density at radius 2 is 2.05 bits per heavy atom. The van der Waals surface area contributed by atoms with Gasteiger partial charge in [-0.3, -0.25) is 4.79 Å². The van der Waals surface area contributed by atoms with Gasteiger partial charge in [-0.25, -0.2) is 9.18 Å². The number of anilines is 1. The van der Waals surface area contributed by atoms with Crippen LogP contribution in [0.25, 0.3) is 0 Å². The Balaban J connectivity index is 2.38. The molecule has 5 nitrogen and oxygen atoms in total. The number of rotatable bonds is 5. The molecule has 0 aliphatic heterocycles. The van der Waals surface area contributed by atoms with Gasteiger partial charge in [0, 0.05) is 24.3 Å². The second kappa shape index (κ2) is 6.88. The molecule has 110 valence electrons. The van der Waals surface area contributed by atoms with E-state index in [0.717, 1.165) is 6.07 Å². The van der Waals surface area contributed by atoms with Gasteiger partial charge in [-0.1, -0.05) is 0 Å². The molecular formula is C14H19FN2O3. The standard InChI is InChI=1S/C14H19FN2O3/c1-14(2,3)20-13(19)17-7-6-16-12-5-4-11(15)8-10(12)9-18/h4-5,8-9,16H,6-7H2,1-3H3,(H,17,19). The number of carbonyl (C=O) groups is 2. The third-order valence-electron chi connectivity index (χ3n) is 2.25. The van der Waals surface area contributed by atoms with Gasteiger partial charge in [0.15, 0.2) is 6.29 Å². The lowest BCUT2D eigenvalue weighted by molar-refractivity contribution is 0.0530. The van der Waals surface area contributed by atoms with Crippen molar-refractivity contribution >= 4 is 18.1 Å². The van der Waals surface area contributed by atoms with Crippen molar-refractivity contribution in [3.8, 4) is 0 Å². The Bertz CT molecular complexity index is 484. The Morgan fingerprint density at radius 3 is 2.65 bits per heavy atom. The number of aldehydes is 1. The van der Waals surface area contributed by atoms with Crippen LogP contribution in [0.3, 0.4) is 0 Å². The highest BCUT2D eigenvalue weighted by Gasteiger charge is 2.15. The van der Waals surface area contributed by atoms with Crippen LogP contribution in [0.1, 0.15) is 31.1 Å². The van der Waals surface area contributed by atoms with Crippen molar-refractivity contribution in [2.24, 2.45) is 0 Å². The first-order valence-corrected chi connectivity index (χ1v) is 6.27. The van der Waals surface area contributed by atoms with Crippen LogP contribution in [-0.4, -0.2) is 31.1 Å². The summed E-state index contributed by atoms with van der Waals surface area (Å²) in [6.07, 6.45) is 0.0706. The second-order valence-electron chi connectivity index (χ2n) is 5.20. The summed E-state index contributed by atoms with van der Waals surface area (Å²) in [5, 5.41) is 5.51. The summed E-state index contributed by atoms with van der Waals surface area (Å²) in [6, 6.07) is 3.89. The summed E-state index contributed by atoms with van der Waals surface area (Å²) < 4.78 is 18.0. The minimum Gasteiger partial charge on any atom is -0.444 e. The summed E-state index contributed by atoms with van der Waals surface area (Å²) in [5.74, 6) is -0.468. The molecule has 20 heavy (non-hydrogen) atoms. The van der Waals surface area contributed by atoms with Gasteiger partial charge >= 0.3 is 6.09 Å². The highest BCUT2D eigenvalue weighted by Crippen LogP contribution is 2.14. The summed E-state index contributed by atoms with van der Waals surface area (Å²) >= 11 is 0. The van der Waals surface area contributed by atoms with Gasteiger partial charge in [0.1, 0.15) is 11.4 Å². The number of benzene rings is 1. The molecule has 6 heteroatoms. The molecule has 0 aliphatic rings. The van der Waals surface area contributed by atoms with Gasteiger partial charge in [-0.15, -0.1) is 0 Å². The number of amides is 1. The normalized spacial score (nSPS) is 10.8. The Hall–Kier alpha value is -2.11. The number of halogens is 1. The molecule has 1 rings (SSSR count). The first kappa shape index (κ1) is 15.9.